The molecule has 19 heavy (non-hydrogen) atoms. The fourth-order valence-corrected chi connectivity index (χ4v) is 1.71. The zero-order chi connectivity index (χ0) is 14.4. The van der Waals surface area contributed by atoms with E-state index < -0.39 is 12.1 Å². The number of hydrogen-bond donors (Lipinski definition) is 1. The van der Waals surface area contributed by atoms with Crippen molar-refractivity contribution in [2.24, 2.45) is 0 Å². The van der Waals surface area contributed by atoms with Crippen LogP contribution in [0.15, 0.2) is 22.7 Å². The monoisotopic (exact) mass is 325 g/mol. The first-order chi connectivity index (χ1) is 8.97. The van der Waals surface area contributed by atoms with Gasteiger partial charge in [0.1, 0.15) is 6.07 Å². The first-order valence-electron chi connectivity index (χ1n) is 5.32. The Morgan fingerprint density at radius 3 is 2.84 bits per heavy atom. The van der Waals surface area contributed by atoms with Gasteiger partial charge in [-0.15, -0.1) is 0 Å². The molecule has 0 unspecified atom stereocenters. The van der Waals surface area contributed by atoms with E-state index in [1.165, 1.54) is 26.2 Å². The molecule has 0 aliphatic carbocycles. The van der Waals surface area contributed by atoms with Gasteiger partial charge in [0.2, 0.25) is 0 Å². The SMILES string of the molecule is COc1cc(/C=C/C(=O)O[C@H](C)C#N)cc(Br)c1O. The Kier molecular flexibility index (Phi) is 5.39. The average molecular weight is 326 g/mol. The number of phenols is 1. The number of ether oxygens (including phenoxy) is 2. The minimum Gasteiger partial charge on any atom is -0.503 e. The third-order valence-corrected chi connectivity index (χ3v) is 2.76. The molecule has 6 heteroatoms. The predicted octanol–water partition coefficient (Wildman–Crippen LogP) is 2.63. The number of nitriles is 1. The van der Waals surface area contributed by atoms with Gasteiger partial charge in [0.25, 0.3) is 0 Å². The lowest BCUT2D eigenvalue weighted by Gasteiger charge is -2.06. The highest BCUT2D eigenvalue weighted by Crippen LogP contribution is 2.35. The molecule has 0 bridgehead atoms. The number of aromatic hydroxyl groups is 1. The second-order valence-corrected chi connectivity index (χ2v) is 4.45. The number of phenolic OH excluding ortho intramolecular Hbond substituents is 1. The molecule has 0 saturated carbocycles. The molecule has 0 amide bonds. The number of carbonyl (C=O) groups excluding carboxylic acids is 1. The van der Waals surface area contributed by atoms with E-state index in [0.29, 0.717) is 10.0 Å². The second kappa shape index (κ2) is 6.81. The van der Waals surface area contributed by atoms with Crippen LogP contribution in [0.1, 0.15) is 12.5 Å². The van der Waals surface area contributed by atoms with Gasteiger partial charge in [-0.3, -0.25) is 0 Å². The van der Waals surface area contributed by atoms with Crippen LogP contribution >= 0.6 is 15.9 Å². The average Bonchev–Trinajstić information content (AvgIpc) is 2.39. The van der Waals surface area contributed by atoms with E-state index in [1.807, 2.05) is 0 Å². The number of esters is 1. The van der Waals surface area contributed by atoms with Crippen LogP contribution < -0.4 is 4.74 Å². The van der Waals surface area contributed by atoms with E-state index in [1.54, 1.807) is 18.2 Å². The van der Waals surface area contributed by atoms with Gasteiger partial charge in [-0.25, -0.2) is 4.79 Å². The Balaban J connectivity index is 2.86. The van der Waals surface area contributed by atoms with Crippen molar-refractivity contribution >= 4 is 28.0 Å². The molecular weight excluding hydrogens is 314 g/mol. The summed E-state index contributed by atoms with van der Waals surface area (Å²) in [7, 11) is 1.43. The van der Waals surface area contributed by atoms with Crippen LogP contribution in [0.25, 0.3) is 6.08 Å². The molecule has 0 fully saturated rings. The first-order valence-corrected chi connectivity index (χ1v) is 6.12. The lowest BCUT2D eigenvalue weighted by atomic mass is 10.2. The molecule has 100 valence electrons. The summed E-state index contributed by atoms with van der Waals surface area (Å²) in [5.74, 6) is -0.342. The fourth-order valence-electron chi connectivity index (χ4n) is 1.25. The Morgan fingerprint density at radius 1 is 1.58 bits per heavy atom. The topological polar surface area (TPSA) is 79.5 Å². The highest BCUT2D eigenvalue weighted by Gasteiger charge is 2.08. The molecule has 0 saturated heterocycles. The molecule has 5 nitrogen and oxygen atoms in total. The second-order valence-electron chi connectivity index (χ2n) is 3.60. The van der Waals surface area contributed by atoms with Crippen molar-refractivity contribution in [1.82, 2.24) is 0 Å². The van der Waals surface area contributed by atoms with E-state index in [2.05, 4.69) is 15.9 Å². The Hall–Kier alpha value is -2.00. The van der Waals surface area contributed by atoms with Crippen LogP contribution in [-0.4, -0.2) is 24.3 Å². The van der Waals surface area contributed by atoms with E-state index in [0.717, 1.165) is 0 Å². The maximum Gasteiger partial charge on any atom is 0.332 e. The number of benzene rings is 1. The maximum absolute atomic E-state index is 11.3. The lowest BCUT2D eigenvalue weighted by Crippen LogP contribution is -2.10. The number of rotatable bonds is 4. The van der Waals surface area contributed by atoms with Crippen molar-refractivity contribution in [3.05, 3.63) is 28.2 Å². The number of halogens is 1. The molecule has 0 aliphatic heterocycles. The summed E-state index contributed by atoms with van der Waals surface area (Å²) in [6.45, 7) is 1.48. The zero-order valence-corrected chi connectivity index (χ0v) is 12.0. The normalized spacial score (nSPS) is 11.9. The standard InChI is InChI=1S/C13H12BrNO4/c1-8(7-15)19-12(16)4-3-9-5-10(14)13(17)11(6-9)18-2/h3-6,8,17H,1-2H3/b4-3+/t8-/m1/s1. The fraction of sp³-hybridized carbons (Fsp3) is 0.231. The van der Waals surface area contributed by atoms with Crippen LogP contribution in [0.5, 0.6) is 11.5 Å². The van der Waals surface area contributed by atoms with E-state index in [-0.39, 0.29) is 11.5 Å². The van der Waals surface area contributed by atoms with Gasteiger partial charge in [0, 0.05) is 6.08 Å². The van der Waals surface area contributed by atoms with Crippen LogP contribution in [-0.2, 0) is 9.53 Å². The van der Waals surface area contributed by atoms with Crippen LogP contribution in [0, 0.1) is 11.3 Å². The molecule has 0 aromatic heterocycles. The van der Waals surface area contributed by atoms with E-state index >= 15 is 0 Å². The largest absolute Gasteiger partial charge is 0.503 e. The van der Waals surface area contributed by atoms with Gasteiger partial charge < -0.3 is 14.6 Å². The molecule has 1 rings (SSSR count). The summed E-state index contributed by atoms with van der Waals surface area (Å²) >= 11 is 3.17. The molecule has 0 heterocycles. The highest BCUT2D eigenvalue weighted by molar-refractivity contribution is 9.10. The number of nitrogens with zero attached hydrogens (tertiary/aromatic N) is 1. The summed E-state index contributed by atoms with van der Waals surface area (Å²) < 4.78 is 10.2. The predicted molar refractivity (Wildman–Crippen MR) is 72.6 cm³/mol. The van der Waals surface area contributed by atoms with Crippen molar-refractivity contribution in [3.8, 4) is 17.6 Å². The summed E-state index contributed by atoms with van der Waals surface area (Å²) in [5, 5.41) is 18.1. The quantitative estimate of drug-likeness (QED) is 0.680. The van der Waals surface area contributed by atoms with Crippen LogP contribution in [0.2, 0.25) is 0 Å². The van der Waals surface area contributed by atoms with E-state index in [9.17, 15) is 9.90 Å². The van der Waals surface area contributed by atoms with Gasteiger partial charge in [0.15, 0.2) is 17.6 Å². The molecular formula is C13H12BrNO4. The summed E-state index contributed by atoms with van der Waals surface area (Å²) in [4.78, 5) is 11.3. The van der Waals surface area contributed by atoms with Crippen molar-refractivity contribution < 1.29 is 19.4 Å². The van der Waals surface area contributed by atoms with Gasteiger partial charge in [-0.1, -0.05) is 0 Å². The smallest absolute Gasteiger partial charge is 0.332 e. The molecule has 1 aromatic rings. The number of hydrogen-bond acceptors (Lipinski definition) is 5. The Bertz CT molecular complexity index is 548. The molecule has 1 N–H and O–H groups in total. The number of methoxy groups -OCH3 is 1. The number of carbonyl (C=O) groups is 1. The van der Waals surface area contributed by atoms with Gasteiger partial charge in [-0.05, 0) is 46.6 Å². The van der Waals surface area contributed by atoms with Crippen molar-refractivity contribution in [1.29, 1.82) is 5.26 Å². The Labute approximate surface area is 119 Å². The molecule has 1 aromatic carbocycles. The van der Waals surface area contributed by atoms with Crippen LogP contribution in [0.3, 0.4) is 0 Å². The first kappa shape index (κ1) is 15.1. The molecule has 0 aliphatic rings. The summed E-state index contributed by atoms with van der Waals surface area (Å²) in [5.41, 5.74) is 0.642. The van der Waals surface area contributed by atoms with Gasteiger partial charge in [-0.2, -0.15) is 5.26 Å². The zero-order valence-electron chi connectivity index (χ0n) is 10.4. The van der Waals surface area contributed by atoms with Crippen molar-refractivity contribution in [2.75, 3.05) is 7.11 Å². The maximum atomic E-state index is 11.3. The van der Waals surface area contributed by atoms with Crippen molar-refractivity contribution in [3.63, 3.8) is 0 Å². The molecule has 0 radical (unpaired) electrons. The molecule has 0 spiro atoms. The lowest BCUT2D eigenvalue weighted by molar-refractivity contribution is -0.139. The summed E-state index contributed by atoms with van der Waals surface area (Å²) in [6.07, 6.45) is 1.91. The third kappa shape index (κ3) is 4.30. The Morgan fingerprint density at radius 2 is 2.26 bits per heavy atom. The summed E-state index contributed by atoms with van der Waals surface area (Å²) in [6, 6.07) is 4.98. The van der Waals surface area contributed by atoms with Crippen LogP contribution in [0.4, 0.5) is 0 Å². The van der Waals surface area contributed by atoms with Gasteiger partial charge in [0.05, 0.1) is 11.6 Å². The molecule has 1 atom stereocenters. The van der Waals surface area contributed by atoms with Gasteiger partial charge >= 0.3 is 5.97 Å². The minimum absolute atomic E-state index is 0.0136. The van der Waals surface area contributed by atoms with E-state index in [4.69, 9.17) is 14.7 Å². The van der Waals surface area contributed by atoms with Crippen molar-refractivity contribution in [2.45, 2.75) is 13.0 Å². The third-order valence-electron chi connectivity index (χ3n) is 2.16. The highest BCUT2D eigenvalue weighted by atomic mass is 79.9. The minimum atomic E-state index is -0.793.